The van der Waals surface area contributed by atoms with Crippen LogP contribution in [0.5, 0.6) is 0 Å². The van der Waals surface area contributed by atoms with Crippen LogP contribution in [0.25, 0.3) is 0 Å². The molecule has 2 aromatic rings. The molecule has 0 saturated heterocycles. The molecule has 2 aromatic heterocycles. The smallest absolute Gasteiger partial charge is 0.348 e. The molecule has 0 radical (unpaired) electrons. The monoisotopic (exact) mass is 332 g/mol. The van der Waals surface area contributed by atoms with E-state index in [1.54, 1.807) is 19.4 Å². The number of halogens is 2. The fourth-order valence-corrected chi connectivity index (χ4v) is 2.91. The summed E-state index contributed by atoms with van der Waals surface area (Å²) < 4.78 is 1.43. The van der Waals surface area contributed by atoms with E-state index in [0.29, 0.717) is 11.3 Å². The second-order valence-electron chi connectivity index (χ2n) is 4.11. The van der Waals surface area contributed by atoms with Gasteiger partial charge in [0.25, 0.3) is 5.91 Å². The third kappa shape index (κ3) is 2.54. The maximum atomic E-state index is 12.2. The van der Waals surface area contributed by atoms with Gasteiger partial charge in [0, 0.05) is 7.05 Å². The number of aromatic nitrogens is 1. The Morgan fingerprint density at radius 3 is 2.55 bits per heavy atom. The Morgan fingerprint density at radius 2 is 2.05 bits per heavy atom. The number of amides is 1. The molecule has 0 atom stereocenters. The quantitative estimate of drug-likeness (QED) is 0.901. The number of carboxylic acids is 1. The number of nitrogens with zero attached hydrogens (tertiary/aromatic N) is 1. The van der Waals surface area contributed by atoms with Gasteiger partial charge in [0.15, 0.2) is 0 Å². The van der Waals surface area contributed by atoms with Crippen molar-refractivity contribution in [2.75, 3.05) is 5.32 Å². The van der Waals surface area contributed by atoms with Crippen LogP contribution in [-0.2, 0) is 7.05 Å². The minimum Gasteiger partial charge on any atom is -0.477 e. The van der Waals surface area contributed by atoms with E-state index < -0.39 is 11.9 Å². The van der Waals surface area contributed by atoms with Crippen LogP contribution in [0.15, 0.2) is 11.4 Å². The summed E-state index contributed by atoms with van der Waals surface area (Å²) in [5, 5.41) is 13.8. The molecule has 0 unspecified atom stereocenters. The van der Waals surface area contributed by atoms with Gasteiger partial charge in [-0.25, -0.2) is 4.79 Å². The number of carbonyl (C=O) groups is 2. The van der Waals surface area contributed by atoms with E-state index in [0.717, 1.165) is 11.3 Å². The van der Waals surface area contributed by atoms with Crippen molar-refractivity contribution >= 4 is 52.1 Å². The van der Waals surface area contributed by atoms with Crippen LogP contribution in [0, 0.1) is 6.92 Å². The van der Waals surface area contributed by atoms with Gasteiger partial charge < -0.3 is 15.0 Å². The maximum absolute atomic E-state index is 12.2. The number of thiophene rings is 1. The number of nitrogens with one attached hydrogen (secondary N) is 1. The molecule has 5 nitrogen and oxygen atoms in total. The van der Waals surface area contributed by atoms with E-state index in [2.05, 4.69) is 5.32 Å². The molecule has 0 bridgehead atoms. The third-order valence-electron chi connectivity index (χ3n) is 2.76. The lowest BCUT2D eigenvalue weighted by molar-refractivity contribution is 0.0703. The van der Waals surface area contributed by atoms with Crippen molar-refractivity contribution in [3.8, 4) is 0 Å². The van der Waals surface area contributed by atoms with Gasteiger partial charge in [-0.05, 0) is 23.9 Å². The van der Waals surface area contributed by atoms with Crippen molar-refractivity contribution in [2.24, 2.45) is 7.05 Å². The first-order valence-corrected chi connectivity index (χ1v) is 7.10. The van der Waals surface area contributed by atoms with Crippen LogP contribution >= 0.6 is 34.5 Å². The zero-order valence-electron chi connectivity index (χ0n) is 10.5. The van der Waals surface area contributed by atoms with Crippen molar-refractivity contribution in [3.63, 3.8) is 0 Å². The van der Waals surface area contributed by atoms with Gasteiger partial charge in [0.2, 0.25) is 0 Å². The molecule has 1 amide bonds. The Balaban J connectivity index is 2.35. The topological polar surface area (TPSA) is 71.3 Å². The zero-order valence-corrected chi connectivity index (χ0v) is 12.9. The Bertz CT molecular complexity index is 706. The van der Waals surface area contributed by atoms with E-state index in [1.165, 1.54) is 10.6 Å². The minimum absolute atomic E-state index is 0.0854. The van der Waals surface area contributed by atoms with E-state index in [4.69, 9.17) is 28.3 Å². The fraction of sp³-hybridized carbons (Fsp3) is 0.167. The second kappa shape index (κ2) is 5.47. The van der Waals surface area contributed by atoms with Gasteiger partial charge in [-0.1, -0.05) is 23.2 Å². The molecule has 0 aliphatic rings. The first-order valence-electron chi connectivity index (χ1n) is 5.46. The lowest BCUT2D eigenvalue weighted by Crippen LogP contribution is -2.17. The molecule has 2 heterocycles. The maximum Gasteiger partial charge on any atom is 0.348 e. The highest BCUT2D eigenvalue weighted by atomic mass is 35.5. The first kappa shape index (κ1) is 14.9. The van der Waals surface area contributed by atoms with Crippen molar-refractivity contribution in [1.29, 1.82) is 0 Å². The van der Waals surface area contributed by atoms with E-state index in [-0.39, 0.29) is 20.7 Å². The van der Waals surface area contributed by atoms with Crippen molar-refractivity contribution in [3.05, 3.63) is 37.8 Å². The molecule has 2 rings (SSSR count). The number of hydrogen-bond donors (Lipinski definition) is 2. The minimum atomic E-state index is -1.08. The number of rotatable bonds is 3. The van der Waals surface area contributed by atoms with E-state index in [1.807, 2.05) is 0 Å². The molecule has 2 N–H and O–H groups in total. The fourth-order valence-electron chi connectivity index (χ4n) is 1.69. The van der Waals surface area contributed by atoms with Crippen LogP contribution in [0.1, 0.15) is 25.7 Å². The SMILES string of the molecule is Cc1csc(C(=O)O)c1NC(=O)c1cc(Cl)c(Cl)n1C. The Kier molecular flexibility index (Phi) is 4.08. The number of hydrogen-bond acceptors (Lipinski definition) is 3. The predicted molar refractivity (Wildman–Crippen MR) is 79.4 cm³/mol. The van der Waals surface area contributed by atoms with Gasteiger partial charge in [0.1, 0.15) is 15.7 Å². The molecule has 0 aliphatic carbocycles. The largest absolute Gasteiger partial charge is 0.477 e. The normalized spacial score (nSPS) is 10.6. The molecule has 0 fully saturated rings. The summed E-state index contributed by atoms with van der Waals surface area (Å²) in [5.74, 6) is -1.55. The summed E-state index contributed by atoms with van der Waals surface area (Å²) in [5.41, 5.74) is 1.23. The van der Waals surface area contributed by atoms with Crippen LogP contribution in [0.4, 0.5) is 5.69 Å². The predicted octanol–water partition coefficient (Wildman–Crippen LogP) is 3.65. The second-order valence-corrected chi connectivity index (χ2v) is 5.75. The van der Waals surface area contributed by atoms with Crippen LogP contribution in [0.3, 0.4) is 0 Å². The average Bonchev–Trinajstić information content (AvgIpc) is 2.86. The molecule has 0 aromatic carbocycles. The first-order chi connectivity index (χ1) is 9.32. The highest BCUT2D eigenvalue weighted by molar-refractivity contribution is 7.12. The Morgan fingerprint density at radius 1 is 1.40 bits per heavy atom. The summed E-state index contributed by atoms with van der Waals surface area (Å²) >= 11 is 12.8. The van der Waals surface area contributed by atoms with Crippen molar-refractivity contribution < 1.29 is 14.7 Å². The highest BCUT2D eigenvalue weighted by Crippen LogP contribution is 2.29. The van der Waals surface area contributed by atoms with Gasteiger partial charge in [-0.15, -0.1) is 11.3 Å². The number of aryl methyl sites for hydroxylation is 1. The van der Waals surface area contributed by atoms with Gasteiger partial charge in [-0.3, -0.25) is 4.79 Å². The summed E-state index contributed by atoms with van der Waals surface area (Å²) in [4.78, 5) is 23.4. The van der Waals surface area contributed by atoms with E-state index in [9.17, 15) is 9.59 Å². The van der Waals surface area contributed by atoms with E-state index >= 15 is 0 Å². The summed E-state index contributed by atoms with van der Waals surface area (Å²) in [6.07, 6.45) is 0. The number of anilines is 1. The summed E-state index contributed by atoms with van der Waals surface area (Å²) in [7, 11) is 1.60. The highest BCUT2D eigenvalue weighted by Gasteiger charge is 2.21. The van der Waals surface area contributed by atoms with Gasteiger partial charge >= 0.3 is 5.97 Å². The summed E-state index contributed by atoms with van der Waals surface area (Å²) in [6.45, 7) is 1.73. The van der Waals surface area contributed by atoms with Crippen molar-refractivity contribution in [1.82, 2.24) is 4.57 Å². The van der Waals surface area contributed by atoms with Gasteiger partial charge in [-0.2, -0.15) is 0 Å². The molecule has 0 saturated carbocycles. The lowest BCUT2D eigenvalue weighted by Gasteiger charge is -2.07. The molecular formula is C12H10Cl2N2O3S. The van der Waals surface area contributed by atoms with Crippen molar-refractivity contribution in [2.45, 2.75) is 6.92 Å². The average molecular weight is 333 g/mol. The third-order valence-corrected chi connectivity index (χ3v) is 4.68. The standard InChI is InChI=1S/C12H10Cl2N2O3S/c1-5-4-20-9(12(18)19)8(5)15-11(17)7-3-6(13)10(14)16(7)2/h3-4H,1-2H3,(H,15,17)(H,18,19). The Labute approximate surface area is 128 Å². The molecule has 0 spiro atoms. The number of carboxylic acid groups (broad SMARTS) is 1. The Hall–Kier alpha value is -1.50. The molecule has 0 aliphatic heterocycles. The lowest BCUT2D eigenvalue weighted by atomic mass is 10.2. The van der Waals surface area contributed by atoms with Crippen LogP contribution in [0.2, 0.25) is 10.2 Å². The number of carbonyl (C=O) groups excluding carboxylic acids is 1. The zero-order chi connectivity index (χ0) is 15.0. The molecule has 106 valence electrons. The summed E-state index contributed by atoms with van der Waals surface area (Å²) in [6, 6.07) is 1.43. The molecular weight excluding hydrogens is 323 g/mol. The molecule has 20 heavy (non-hydrogen) atoms. The van der Waals surface area contributed by atoms with Crippen LogP contribution in [-0.4, -0.2) is 21.6 Å². The molecule has 8 heteroatoms. The van der Waals surface area contributed by atoms with Crippen LogP contribution < -0.4 is 5.32 Å². The number of aromatic carboxylic acids is 1. The van der Waals surface area contributed by atoms with Gasteiger partial charge in [0.05, 0.1) is 10.7 Å².